The number of esters is 3. The lowest BCUT2D eigenvalue weighted by atomic mass is 9.60. The molecule has 0 spiro atoms. The van der Waals surface area contributed by atoms with Gasteiger partial charge in [-0.25, -0.2) is 14.4 Å². The molecule has 0 radical (unpaired) electrons. The lowest BCUT2D eigenvalue weighted by Crippen LogP contribution is -2.61. The van der Waals surface area contributed by atoms with E-state index in [0.29, 0.717) is 54.4 Å². The predicted octanol–water partition coefficient (Wildman–Crippen LogP) is 4.72. The summed E-state index contributed by atoms with van der Waals surface area (Å²) in [7, 11) is 1.59. The minimum absolute atomic E-state index is 0.0417. The maximum Gasteiger partial charge on any atom is 0.340 e. The van der Waals surface area contributed by atoms with Crippen molar-refractivity contribution in [1.82, 2.24) is 5.32 Å². The number of aliphatic carboxylic acids is 1. The highest BCUT2D eigenvalue weighted by atomic mass is 16.7. The fraction of sp³-hybridized carbons (Fsp3) is 0.509. The predicted molar refractivity (Wildman–Crippen MR) is 285 cm³/mol. The fourth-order valence-corrected chi connectivity index (χ4v) is 10.9. The van der Waals surface area contributed by atoms with E-state index in [1.807, 2.05) is 13.8 Å². The number of likely N-dealkylation sites (N-methyl/N-ethyl adjacent to an activating group) is 1. The van der Waals surface area contributed by atoms with Crippen LogP contribution in [0.3, 0.4) is 0 Å². The highest BCUT2D eigenvalue weighted by Gasteiger charge is 2.51. The quantitative estimate of drug-likeness (QED) is 0.0556. The van der Waals surface area contributed by atoms with Crippen LogP contribution in [0.2, 0.25) is 0 Å². The molecule has 3 aromatic rings. The first-order valence-electron chi connectivity index (χ1n) is 26.3. The molecule has 11 atom stereocenters. The summed E-state index contributed by atoms with van der Waals surface area (Å²) in [6.45, 7) is 12.0. The van der Waals surface area contributed by atoms with Gasteiger partial charge >= 0.3 is 23.9 Å². The van der Waals surface area contributed by atoms with E-state index >= 15 is 0 Å². The van der Waals surface area contributed by atoms with Gasteiger partial charge in [-0.15, -0.1) is 0 Å². The van der Waals surface area contributed by atoms with Gasteiger partial charge in [-0.05, 0) is 137 Å². The van der Waals surface area contributed by atoms with Crippen molar-refractivity contribution in [3.05, 3.63) is 88.5 Å². The second-order valence-electron chi connectivity index (χ2n) is 21.8. The summed E-state index contributed by atoms with van der Waals surface area (Å²) in [5, 5.41) is 149. The number of rotatable bonds is 15. The first-order valence-corrected chi connectivity index (χ1v) is 26.3. The number of hydrogen-bond acceptors (Lipinski definition) is 23. The van der Waals surface area contributed by atoms with Gasteiger partial charge in [0, 0.05) is 6.42 Å². The van der Waals surface area contributed by atoms with Crippen molar-refractivity contribution < 1.29 is 115 Å². The summed E-state index contributed by atoms with van der Waals surface area (Å²) < 4.78 is 20.6. The van der Waals surface area contributed by atoms with Crippen LogP contribution in [0.25, 0.3) is 0 Å². The molecule has 7 rings (SSSR count). The number of nitrogens with one attached hydrogen (secondary N) is 1. The Morgan fingerprint density at radius 1 is 0.778 bits per heavy atom. The van der Waals surface area contributed by atoms with Crippen LogP contribution in [0.1, 0.15) is 123 Å². The van der Waals surface area contributed by atoms with E-state index < -0.39 is 147 Å². The second kappa shape index (κ2) is 27.4. The molecule has 81 heavy (non-hydrogen) atoms. The SMILES string of the molecule is C=C1/C(=C\C=C2/CCC[C@@]3(C)C2CC[C@@H]3[C@H](C)CCCC(C)(C)O)C[C@@H](O)C[C@@H]1O.CNCC(=O)O.O=C(OC[C@H]1O[C@H](OC(=O)c2cc(O)c(O)c(O)c2)[C@@H](O)[C@H](OC(=O)c2cc(O)c(O)c(O)c2)[C@@H]1O)c1cc(O)c(O)c(O)c1. The molecule has 446 valence electrons. The van der Waals surface area contributed by atoms with Gasteiger partial charge in [-0.1, -0.05) is 51.0 Å². The molecule has 1 heterocycles. The number of allylic oxidation sites excluding steroid dienone is 3. The molecular weight excluding hydrogens is 1070 g/mol. The highest BCUT2D eigenvalue weighted by molar-refractivity contribution is 5.92. The van der Waals surface area contributed by atoms with Gasteiger partial charge in [0.2, 0.25) is 6.29 Å². The van der Waals surface area contributed by atoms with E-state index in [-0.39, 0.29) is 6.54 Å². The van der Waals surface area contributed by atoms with Crippen molar-refractivity contribution in [1.29, 1.82) is 0 Å². The van der Waals surface area contributed by atoms with E-state index in [2.05, 4.69) is 37.9 Å². The van der Waals surface area contributed by atoms with Crippen LogP contribution < -0.4 is 5.32 Å². The Kier molecular flexibility index (Phi) is 21.8. The number of aliphatic hydroxyl groups excluding tert-OH is 4. The van der Waals surface area contributed by atoms with Crippen molar-refractivity contribution in [2.45, 2.75) is 140 Å². The van der Waals surface area contributed by atoms with Crippen molar-refractivity contribution in [2.75, 3.05) is 20.2 Å². The maximum atomic E-state index is 12.8. The molecule has 0 amide bonds. The van der Waals surface area contributed by atoms with Crippen molar-refractivity contribution in [3.8, 4) is 51.7 Å². The number of phenols is 9. The Balaban J connectivity index is 0.000000287. The molecule has 16 N–H and O–H groups in total. The number of aliphatic hydroxyl groups is 5. The van der Waals surface area contributed by atoms with E-state index in [0.717, 1.165) is 42.0 Å². The minimum Gasteiger partial charge on any atom is -0.504 e. The van der Waals surface area contributed by atoms with Crippen LogP contribution in [0.4, 0.5) is 0 Å². The zero-order valence-electron chi connectivity index (χ0n) is 45.6. The van der Waals surface area contributed by atoms with Gasteiger partial charge in [-0.2, -0.15) is 0 Å². The molecule has 4 aliphatic rings. The average Bonchev–Trinajstić information content (AvgIpc) is 3.95. The number of carboxylic acid groups (broad SMARTS) is 1. The summed E-state index contributed by atoms with van der Waals surface area (Å²) in [6, 6.07) is 4.20. The van der Waals surface area contributed by atoms with Gasteiger partial charge in [0.1, 0.15) is 18.8 Å². The Morgan fingerprint density at radius 2 is 1.28 bits per heavy atom. The number of carbonyl (C=O) groups is 4. The number of carbonyl (C=O) groups excluding carboxylic acids is 3. The standard InChI is InChI=1S/C27H24O18.C27H44O3.C3H7NO2/c28-11-1-8(2-12(29)18(11)34)24(39)42-7-17-21(37)23(44-25(40)9-3-13(30)19(35)14(31)4-9)22(38)27(43-17)45-26(41)10-5-15(32)20(36)16(33)6-10;1-18(8-6-14-26(3,4)30)23-12-13-24-20(9-7-15-27(23,24)5)10-11-21-16-22(28)17-25(29)19(21)2;1-4-2-3(5)6/h1-6,17,21-23,27-38H,7H2;10-11,18,22-25,28-30H,2,6-9,12-17H2,1,3-5H3;4H,2H2,1H3,(H,5,6)/b;20-10+,21-11-;/t17-,21-,22+,23-,27-;18-,22-,23-,24?,25+,27-;/m11./s1. The monoisotopic (exact) mass is 1140 g/mol. The molecule has 3 aromatic carbocycles. The second-order valence-corrected chi connectivity index (χ2v) is 21.8. The van der Waals surface area contributed by atoms with E-state index in [4.69, 9.17) is 24.1 Å². The van der Waals surface area contributed by atoms with Crippen LogP contribution in [-0.2, 0) is 23.7 Å². The van der Waals surface area contributed by atoms with Crippen molar-refractivity contribution in [2.24, 2.45) is 23.2 Å². The molecule has 24 nitrogen and oxygen atoms in total. The highest BCUT2D eigenvalue weighted by Crippen LogP contribution is 2.60. The van der Waals surface area contributed by atoms with E-state index in [9.17, 15) is 90.7 Å². The van der Waals surface area contributed by atoms with Crippen molar-refractivity contribution >= 4 is 23.9 Å². The third kappa shape index (κ3) is 16.4. The molecule has 1 aliphatic heterocycles. The maximum absolute atomic E-state index is 12.8. The summed E-state index contributed by atoms with van der Waals surface area (Å²) in [4.78, 5) is 47.6. The molecule has 3 aliphatic carbocycles. The summed E-state index contributed by atoms with van der Waals surface area (Å²) in [5.74, 6) is -11.1. The van der Waals surface area contributed by atoms with Crippen LogP contribution in [-0.4, -0.2) is 169 Å². The fourth-order valence-electron chi connectivity index (χ4n) is 10.9. The van der Waals surface area contributed by atoms with E-state index in [1.165, 1.54) is 38.5 Å². The van der Waals surface area contributed by atoms with Crippen molar-refractivity contribution in [3.63, 3.8) is 0 Å². The Labute approximate surface area is 466 Å². The largest absolute Gasteiger partial charge is 0.504 e. The van der Waals surface area contributed by atoms with Crippen LogP contribution in [0.15, 0.2) is 71.8 Å². The molecular formula is C57H75NO23. The third-order valence-electron chi connectivity index (χ3n) is 15.2. The van der Waals surface area contributed by atoms with Gasteiger partial charge in [0.15, 0.2) is 64.0 Å². The number of benzene rings is 3. The van der Waals surface area contributed by atoms with Crippen LogP contribution >= 0.6 is 0 Å². The first-order chi connectivity index (χ1) is 37.9. The third-order valence-corrected chi connectivity index (χ3v) is 15.2. The number of ether oxygens (including phenoxy) is 4. The molecule has 4 fully saturated rings. The number of phenolic OH excluding ortho intramolecular Hbond substituents is 9. The number of aromatic hydroxyl groups is 9. The van der Waals surface area contributed by atoms with Gasteiger partial charge < -0.3 is 101 Å². The van der Waals surface area contributed by atoms with Gasteiger partial charge in [0.05, 0.1) is 41.0 Å². The zero-order chi connectivity index (χ0) is 60.4. The zero-order valence-corrected chi connectivity index (χ0v) is 45.6. The van der Waals surface area contributed by atoms with Gasteiger partial charge in [-0.3, -0.25) is 4.79 Å². The lowest BCUT2D eigenvalue weighted by molar-refractivity contribution is -0.284. The topological polar surface area (TPSA) is 421 Å². The summed E-state index contributed by atoms with van der Waals surface area (Å²) >= 11 is 0. The normalized spacial score (nSPS) is 26.7. The molecule has 3 saturated carbocycles. The Morgan fingerprint density at radius 3 is 1.77 bits per heavy atom. The molecule has 0 aromatic heterocycles. The van der Waals surface area contributed by atoms with E-state index in [1.54, 1.807) is 12.6 Å². The molecule has 24 heteroatoms. The molecule has 1 saturated heterocycles. The lowest BCUT2D eigenvalue weighted by Gasteiger charge is -2.44. The number of hydrogen-bond donors (Lipinski definition) is 16. The molecule has 0 bridgehead atoms. The first kappa shape index (κ1) is 64.5. The van der Waals surface area contributed by atoms with Crippen LogP contribution in [0.5, 0.6) is 51.7 Å². The minimum atomic E-state index is -2.19. The Hall–Kier alpha value is -7.32. The summed E-state index contributed by atoms with van der Waals surface area (Å²) in [6.07, 6.45) is 3.70. The average molecular weight is 1140 g/mol. The summed E-state index contributed by atoms with van der Waals surface area (Å²) in [5.41, 5.74) is 1.55. The smallest absolute Gasteiger partial charge is 0.340 e. The number of carboxylic acids is 1. The molecule has 1 unspecified atom stereocenters. The Bertz CT molecular complexity index is 2750. The van der Waals surface area contributed by atoms with Crippen LogP contribution in [0, 0.1) is 23.2 Å². The number of fused-ring (bicyclic) bond motifs is 1. The van der Waals surface area contributed by atoms with Gasteiger partial charge in [0.25, 0.3) is 0 Å².